The molecule has 0 bridgehead atoms. The molecule has 0 aromatic heterocycles. The summed E-state index contributed by atoms with van der Waals surface area (Å²) in [4.78, 5) is 43.4. The number of amides is 2. The fraction of sp³-hybridized carbons (Fsp3) is 0.207. The molecule has 0 saturated carbocycles. The summed E-state index contributed by atoms with van der Waals surface area (Å²) in [6.45, 7) is 7.48. The number of benzene rings is 3. The van der Waals surface area contributed by atoms with Crippen LogP contribution in [0.25, 0.3) is 6.08 Å². The maximum absolute atomic E-state index is 13.5. The molecule has 1 aliphatic heterocycles. The van der Waals surface area contributed by atoms with E-state index in [1.54, 1.807) is 38.3 Å². The first-order valence-corrected chi connectivity index (χ1v) is 13.1. The van der Waals surface area contributed by atoms with E-state index in [0.717, 1.165) is 39.6 Å². The fourth-order valence-electron chi connectivity index (χ4n) is 4.13. The number of nitro benzene ring substituents is 1. The molecule has 0 atom stereocenters. The lowest BCUT2D eigenvalue weighted by molar-refractivity contribution is -0.384. The Morgan fingerprint density at radius 1 is 1.05 bits per heavy atom. The summed E-state index contributed by atoms with van der Waals surface area (Å²) in [5, 5.41) is 14.5. The molecule has 0 unspecified atom stereocenters. The first-order chi connectivity index (χ1) is 18.5. The van der Waals surface area contributed by atoms with Gasteiger partial charge in [0.25, 0.3) is 11.6 Å². The summed E-state index contributed by atoms with van der Waals surface area (Å²) in [6, 6.07) is 16.0. The smallest absolute Gasteiger partial charge is 0.293 e. The van der Waals surface area contributed by atoms with Gasteiger partial charge >= 0.3 is 0 Å². The van der Waals surface area contributed by atoms with Crippen LogP contribution in [0.4, 0.5) is 17.1 Å². The Morgan fingerprint density at radius 3 is 2.31 bits per heavy atom. The topological polar surface area (TPSA) is 114 Å². The van der Waals surface area contributed by atoms with Crippen LogP contribution < -0.4 is 15.0 Å². The highest BCUT2D eigenvalue weighted by atomic mass is 32.2. The summed E-state index contributed by atoms with van der Waals surface area (Å²) in [5.74, 6) is -0.174. The lowest BCUT2D eigenvalue weighted by Crippen LogP contribution is -2.31. The number of rotatable bonds is 7. The second kappa shape index (κ2) is 11.5. The number of nitrogens with one attached hydrogen (secondary N) is 1. The van der Waals surface area contributed by atoms with E-state index in [0.29, 0.717) is 16.6 Å². The minimum absolute atomic E-state index is 0.104. The van der Waals surface area contributed by atoms with E-state index < -0.39 is 10.8 Å². The Morgan fingerprint density at radius 2 is 1.69 bits per heavy atom. The predicted molar refractivity (Wildman–Crippen MR) is 155 cm³/mol. The number of anilines is 2. The zero-order valence-electron chi connectivity index (χ0n) is 22.3. The van der Waals surface area contributed by atoms with E-state index in [9.17, 15) is 19.7 Å². The highest BCUT2D eigenvalue weighted by molar-refractivity contribution is 8.14. The summed E-state index contributed by atoms with van der Waals surface area (Å²) in [6.07, 6.45) is 1.68. The second-order valence-corrected chi connectivity index (χ2v) is 10.2. The molecule has 200 valence electrons. The normalized spacial score (nSPS) is 14.0. The molecule has 10 heteroatoms. The van der Waals surface area contributed by atoms with Crippen molar-refractivity contribution in [3.63, 3.8) is 0 Å². The van der Waals surface area contributed by atoms with Crippen molar-refractivity contribution in [2.45, 2.75) is 27.7 Å². The van der Waals surface area contributed by atoms with Crippen molar-refractivity contribution in [1.82, 2.24) is 0 Å². The van der Waals surface area contributed by atoms with Crippen LogP contribution in [0.1, 0.15) is 27.8 Å². The average Bonchev–Trinajstić information content (AvgIpc) is 3.19. The number of methoxy groups -OCH3 is 1. The van der Waals surface area contributed by atoms with Gasteiger partial charge < -0.3 is 10.1 Å². The highest BCUT2D eigenvalue weighted by Gasteiger charge is 2.33. The number of ether oxygens (including phenoxy) is 1. The Balaban J connectivity index is 1.61. The molecule has 0 aliphatic carbocycles. The van der Waals surface area contributed by atoms with Gasteiger partial charge in [0.2, 0.25) is 5.91 Å². The number of hydrogen-bond acceptors (Lipinski definition) is 7. The Kier molecular flexibility index (Phi) is 8.15. The van der Waals surface area contributed by atoms with Gasteiger partial charge in [-0.05, 0) is 91.9 Å². The Hall–Kier alpha value is -4.44. The number of thioether (sulfide) groups is 1. The van der Waals surface area contributed by atoms with Gasteiger partial charge in [0.1, 0.15) is 17.1 Å². The molecule has 3 aromatic carbocycles. The third-order valence-corrected chi connectivity index (χ3v) is 7.07. The van der Waals surface area contributed by atoms with Gasteiger partial charge in [-0.3, -0.25) is 24.6 Å². The number of aliphatic imine (C=N–C) groups is 1. The van der Waals surface area contributed by atoms with Crippen LogP contribution in [0.15, 0.2) is 65.3 Å². The minimum Gasteiger partial charge on any atom is -0.497 e. The van der Waals surface area contributed by atoms with E-state index in [1.165, 1.54) is 11.0 Å². The van der Waals surface area contributed by atoms with Crippen LogP contribution >= 0.6 is 11.8 Å². The van der Waals surface area contributed by atoms with Crippen LogP contribution in [-0.2, 0) is 9.59 Å². The van der Waals surface area contributed by atoms with Gasteiger partial charge in [0.15, 0.2) is 5.17 Å². The average molecular weight is 545 g/mol. The number of hydrogen-bond donors (Lipinski definition) is 1. The monoisotopic (exact) mass is 544 g/mol. The molecule has 0 radical (unpaired) electrons. The largest absolute Gasteiger partial charge is 0.497 e. The lowest BCUT2D eigenvalue weighted by Gasteiger charge is -2.19. The molecule has 1 aliphatic rings. The van der Waals surface area contributed by atoms with Crippen LogP contribution in [0.3, 0.4) is 0 Å². The standard InChI is InChI=1S/C29H28N4O5S/c1-17-10-18(2)12-22(11-17)32-28(35)25(15-21-6-8-23(38-5)9-7-21)31-29(32)39-16-27(34)30-24-13-19(3)20(4)14-26(24)33(36)37/h6-15H,16H2,1-5H3,(H,30,34)/b25-15-. The predicted octanol–water partition coefficient (Wildman–Crippen LogP) is 5.95. The molecular formula is C29H28N4O5S. The quantitative estimate of drug-likeness (QED) is 0.223. The van der Waals surface area contributed by atoms with E-state index >= 15 is 0 Å². The minimum atomic E-state index is -0.521. The SMILES string of the molecule is COc1ccc(/C=C2\N=C(SCC(=O)Nc3cc(C)c(C)cc3[N+](=O)[O-])N(c3cc(C)cc(C)c3)C2=O)cc1. The van der Waals surface area contributed by atoms with E-state index in [4.69, 9.17) is 4.74 Å². The summed E-state index contributed by atoms with van der Waals surface area (Å²) >= 11 is 1.08. The third kappa shape index (κ3) is 6.35. The van der Waals surface area contributed by atoms with Crippen LogP contribution in [0, 0.1) is 37.8 Å². The first kappa shape index (κ1) is 27.6. The Bertz CT molecular complexity index is 1510. The van der Waals surface area contributed by atoms with Crippen molar-refractivity contribution in [2.24, 2.45) is 4.99 Å². The van der Waals surface area contributed by atoms with Crippen molar-refractivity contribution in [3.05, 3.63) is 98.2 Å². The number of aryl methyl sites for hydroxylation is 4. The van der Waals surface area contributed by atoms with E-state index in [1.807, 2.05) is 51.1 Å². The molecule has 3 aromatic rings. The summed E-state index contributed by atoms with van der Waals surface area (Å²) in [7, 11) is 1.58. The molecule has 2 amide bonds. The van der Waals surface area contributed by atoms with Gasteiger partial charge in [-0.25, -0.2) is 4.99 Å². The molecule has 0 fully saturated rings. The molecule has 0 saturated heterocycles. The van der Waals surface area contributed by atoms with E-state index in [2.05, 4.69) is 10.3 Å². The zero-order valence-corrected chi connectivity index (χ0v) is 23.1. The lowest BCUT2D eigenvalue weighted by atomic mass is 10.1. The van der Waals surface area contributed by atoms with Crippen LogP contribution in [-0.4, -0.2) is 34.8 Å². The van der Waals surface area contributed by atoms with Crippen molar-refractivity contribution >= 4 is 51.9 Å². The van der Waals surface area contributed by atoms with Gasteiger partial charge in [-0.1, -0.05) is 30.0 Å². The molecule has 39 heavy (non-hydrogen) atoms. The van der Waals surface area contributed by atoms with Crippen molar-refractivity contribution in [2.75, 3.05) is 23.1 Å². The first-order valence-electron chi connectivity index (χ1n) is 12.1. The number of amidine groups is 1. The molecular weight excluding hydrogens is 516 g/mol. The van der Waals surface area contributed by atoms with Crippen molar-refractivity contribution in [1.29, 1.82) is 0 Å². The number of carbonyl (C=O) groups is 2. The van der Waals surface area contributed by atoms with Gasteiger partial charge in [-0.15, -0.1) is 0 Å². The van der Waals surface area contributed by atoms with Gasteiger partial charge in [0.05, 0.1) is 23.5 Å². The van der Waals surface area contributed by atoms with Crippen LogP contribution in [0.2, 0.25) is 0 Å². The Labute approximate surface area is 230 Å². The molecule has 1 heterocycles. The van der Waals surface area contributed by atoms with Crippen molar-refractivity contribution in [3.8, 4) is 5.75 Å². The molecule has 9 nitrogen and oxygen atoms in total. The number of nitro groups is 1. The van der Waals surface area contributed by atoms with Crippen LogP contribution in [0.5, 0.6) is 5.75 Å². The maximum Gasteiger partial charge on any atom is 0.293 e. The molecule has 4 rings (SSSR count). The fourth-order valence-corrected chi connectivity index (χ4v) is 4.94. The van der Waals surface area contributed by atoms with Crippen molar-refractivity contribution < 1.29 is 19.2 Å². The maximum atomic E-state index is 13.5. The third-order valence-electron chi connectivity index (χ3n) is 6.13. The van der Waals surface area contributed by atoms with E-state index in [-0.39, 0.29) is 28.7 Å². The molecule has 1 N–H and O–H groups in total. The zero-order chi connectivity index (χ0) is 28.3. The number of carbonyl (C=O) groups excluding carboxylic acids is 2. The number of nitrogens with zero attached hydrogens (tertiary/aromatic N) is 3. The van der Waals surface area contributed by atoms with Gasteiger partial charge in [-0.2, -0.15) is 0 Å². The molecule has 0 spiro atoms. The highest BCUT2D eigenvalue weighted by Crippen LogP contribution is 2.32. The van der Waals surface area contributed by atoms with Gasteiger partial charge in [0, 0.05) is 6.07 Å². The second-order valence-electron chi connectivity index (χ2n) is 9.23. The summed E-state index contributed by atoms with van der Waals surface area (Å²) in [5.41, 5.74) is 5.14. The summed E-state index contributed by atoms with van der Waals surface area (Å²) < 4.78 is 5.20.